The van der Waals surface area contributed by atoms with Crippen LogP contribution in [0, 0.1) is 0 Å². The molecule has 0 radical (unpaired) electrons. The van der Waals surface area contributed by atoms with E-state index >= 15 is 0 Å². The van der Waals surface area contributed by atoms with Gasteiger partial charge < -0.3 is 4.74 Å². The van der Waals surface area contributed by atoms with Gasteiger partial charge in [-0.15, -0.1) is 0 Å². The van der Waals surface area contributed by atoms with Crippen LogP contribution in [0.1, 0.15) is 26.3 Å². The van der Waals surface area contributed by atoms with Gasteiger partial charge in [0.1, 0.15) is 0 Å². The van der Waals surface area contributed by atoms with E-state index in [1.807, 2.05) is 60.7 Å². The first-order valence-electron chi connectivity index (χ1n) is 8.04. The summed E-state index contributed by atoms with van der Waals surface area (Å²) >= 11 is 0. The Labute approximate surface area is 146 Å². The minimum Gasteiger partial charge on any atom is -0.465 e. The molecular weight excluding hydrogens is 312 g/mol. The van der Waals surface area contributed by atoms with Crippen LogP contribution in [0.2, 0.25) is 0 Å². The zero-order chi connectivity index (χ0) is 17.6. The number of benzene rings is 3. The highest BCUT2D eigenvalue weighted by Gasteiger charge is 2.18. The maximum atomic E-state index is 12.8. The number of ether oxygens (including phenoxy) is 1. The van der Waals surface area contributed by atoms with Crippen molar-refractivity contribution >= 4 is 11.8 Å². The molecule has 0 bridgehead atoms. The van der Waals surface area contributed by atoms with Gasteiger partial charge in [0.15, 0.2) is 5.78 Å². The van der Waals surface area contributed by atoms with E-state index in [9.17, 15) is 9.59 Å². The third-order valence-electron chi connectivity index (χ3n) is 4.06. The lowest BCUT2D eigenvalue weighted by atomic mass is 9.91. The molecule has 3 aromatic rings. The number of ketones is 1. The van der Waals surface area contributed by atoms with Crippen molar-refractivity contribution in [1.29, 1.82) is 0 Å². The van der Waals surface area contributed by atoms with Crippen LogP contribution < -0.4 is 0 Å². The summed E-state index contributed by atoms with van der Waals surface area (Å²) < 4.78 is 4.87. The fourth-order valence-corrected chi connectivity index (χ4v) is 2.84. The molecule has 3 nitrogen and oxygen atoms in total. The zero-order valence-corrected chi connectivity index (χ0v) is 13.9. The topological polar surface area (TPSA) is 43.4 Å². The summed E-state index contributed by atoms with van der Waals surface area (Å²) in [7, 11) is 1.35. The van der Waals surface area contributed by atoms with Crippen LogP contribution in [0.5, 0.6) is 0 Å². The van der Waals surface area contributed by atoms with Crippen LogP contribution in [0.25, 0.3) is 11.1 Å². The molecule has 0 saturated carbocycles. The Kier molecular flexibility index (Phi) is 5.05. The zero-order valence-electron chi connectivity index (χ0n) is 13.9. The Morgan fingerprint density at radius 3 is 1.88 bits per heavy atom. The number of carbonyl (C=O) groups is 2. The number of Topliss-reactive ketones (excluding diaryl/α,β-unsaturated/α-hetero) is 1. The SMILES string of the molecule is COC(=O)c1ccccc1-c1ccccc1C(=O)Cc1ccccc1. The fraction of sp³-hybridized carbons (Fsp3) is 0.0909. The largest absolute Gasteiger partial charge is 0.465 e. The summed E-state index contributed by atoms with van der Waals surface area (Å²) in [5.41, 5.74) is 3.45. The molecule has 0 amide bonds. The van der Waals surface area contributed by atoms with Crippen molar-refractivity contribution in [3.63, 3.8) is 0 Å². The maximum absolute atomic E-state index is 12.8. The molecule has 0 aliphatic rings. The lowest BCUT2D eigenvalue weighted by molar-refractivity contribution is 0.0601. The van der Waals surface area contributed by atoms with Gasteiger partial charge in [0.05, 0.1) is 12.7 Å². The Morgan fingerprint density at radius 2 is 1.24 bits per heavy atom. The summed E-state index contributed by atoms with van der Waals surface area (Å²) in [5.74, 6) is -0.401. The second-order valence-electron chi connectivity index (χ2n) is 5.67. The molecule has 0 fully saturated rings. The van der Waals surface area contributed by atoms with E-state index in [4.69, 9.17) is 4.74 Å². The highest BCUT2D eigenvalue weighted by molar-refractivity contribution is 6.06. The first kappa shape index (κ1) is 16.7. The number of rotatable bonds is 5. The molecule has 0 aromatic heterocycles. The number of hydrogen-bond donors (Lipinski definition) is 0. The smallest absolute Gasteiger partial charge is 0.338 e. The second kappa shape index (κ2) is 7.58. The van der Waals surface area contributed by atoms with Gasteiger partial charge in [-0.1, -0.05) is 72.8 Å². The molecule has 0 unspecified atom stereocenters. The molecule has 0 N–H and O–H groups in total. The van der Waals surface area contributed by atoms with Gasteiger partial charge >= 0.3 is 5.97 Å². The maximum Gasteiger partial charge on any atom is 0.338 e. The molecular formula is C22H18O3. The minimum absolute atomic E-state index is 0.0152. The van der Waals surface area contributed by atoms with Gasteiger partial charge in [0.2, 0.25) is 0 Å². The number of carbonyl (C=O) groups excluding carboxylic acids is 2. The normalized spacial score (nSPS) is 10.3. The number of methoxy groups -OCH3 is 1. The van der Waals surface area contributed by atoms with Crippen LogP contribution in [-0.4, -0.2) is 18.9 Å². The van der Waals surface area contributed by atoms with E-state index in [0.717, 1.165) is 11.1 Å². The molecule has 3 rings (SSSR count). The first-order chi connectivity index (χ1) is 12.2. The summed E-state index contributed by atoms with van der Waals surface area (Å²) in [4.78, 5) is 24.9. The Hall–Kier alpha value is -3.20. The monoisotopic (exact) mass is 330 g/mol. The lowest BCUT2D eigenvalue weighted by Crippen LogP contribution is -2.08. The average molecular weight is 330 g/mol. The third-order valence-corrected chi connectivity index (χ3v) is 4.06. The van der Waals surface area contributed by atoms with E-state index in [1.54, 1.807) is 18.2 Å². The molecule has 0 saturated heterocycles. The van der Waals surface area contributed by atoms with E-state index in [2.05, 4.69) is 0 Å². The van der Waals surface area contributed by atoms with Gasteiger partial charge in [0, 0.05) is 12.0 Å². The molecule has 0 heterocycles. The Balaban J connectivity index is 2.03. The average Bonchev–Trinajstić information content (AvgIpc) is 2.68. The summed E-state index contributed by atoms with van der Waals surface area (Å²) in [5, 5.41) is 0. The first-order valence-corrected chi connectivity index (χ1v) is 8.04. The number of hydrogen-bond acceptors (Lipinski definition) is 3. The van der Waals surface area contributed by atoms with Crippen LogP contribution in [0.4, 0.5) is 0 Å². The van der Waals surface area contributed by atoms with Gasteiger partial charge in [-0.3, -0.25) is 4.79 Å². The minimum atomic E-state index is -0.416. The van der Waals surface area contributed by atoms with Crippen LogP contribution in [0.15, 0.2) is 78.9 Å². The Morgan fingerprint density at radius 1 is 0.720 bits per heavy atom. The van der Waals surface area contributed by atoms with E-state index in [1.165, 1.54) is 7.11 Å². The summed E-state index contributed by atoms with van der Waals surface area (Å²) in [6, 6.07) is 24.2. The molecule has 25 heavy (non-hydrogen) atoms. The molecule has 0 spiro atoms. The fourth-order valence-electron chi connectivity index (χ4n) is 2.84. The van der Waals surface area contributed by atoms with Gasteiger partial charge in [-0.05, 0) is 22.8 Å². The molecule has 3 aromatic carbocycles. The molecule has 0 aliphatic heterocycles. The standard InChI is InChI=1S/C22H18O3/c1-25-22(24)20-14-8-6-12-18(20)17-11-5-7-13-19(17)21(23)15-16-9-3-2-4-10-16/h2-14H,15H2,1H3. The third kappa shape index (κ3) is 3.66. The number of esters is 1. The van der Waals surface area contributed by atoms with Crippen LogP contribution in [-0.2, 0) is 11.2 Å². The second-order valence-corrected chi connectivity index (χ2v) is 5.67. The van der Waals surface area contributed by atoms with E-state index in [0.29, 0.717) is 23.1 Å². The van der Waals surface area contributed by atoms with Crippen molar-refractivity contribution in [3.05, 3.63) is 95.6 Å². The predicted octanol–water partition coefficient (Wildman–Crippen LogP) is 4.57. The quantitative estimate of drug-likeness (QED) is 0.508. The van der Waals surface area contributed by atoms with Crippen molar-refractivity contribution in [1.82, 2.24) is 0 Å². The lowest BCUT2D eigenvalue weighted by Gasteiger charge is -2.12. The van der Waals surface area contributed by atoms with Crippen LogP contribution in [0.3, 0.4) is 0 Å². The van der Waals surface area contributed by atoms with Gasteiger partial charge in [-0.2, -0.15) is 0 Å². The molecule has 124 valence electrons. The van der Waals surface area contributed by atoms with Gasteiger partial charge in [-0.25, -0.2) is 4.79 Å². The van der Waals surface area contributed by atoms with E-state index in [-0.39, 0.29) is 5.78 Å². The Bertz CT molecular complexity index is 898. The summed E-state index contributed by atoms with van der Waals surface area (Å²) in [6.07, 6.45) is 0.318. The van der Waals surface area contributed by atoms with Crippen molar-refractivity contribution in [3.8, 4) is 11.1 Å². The van der Waals surface area contributed by atoms with Crippen molar-refractivity contribution in [2.24, 2.45) is 0 Å². The molecule has 0 atom stereocenters. The van der Waals surface area contributed by atoms with Crippen molar-refractivity contribution in [2.75, 3.05) is 7.11 Å². The summed E-state index contributed by atoms with van der Waals surface area (Å²) in [6.45, 7) is 0. The van der Waals surface area contributed by atoms with Crippen LogP contribution >= 0.6 is 0 Å². The predicted molar refractivity (Wildman–Crippen MR) is 97.7 cm³/mol. The van der Waals surface area contributed by atoms with Crippen molar-refractivity contribution < 1.29 is 14.3 Å². The molecule has 0 aliphatic carbocycles. The van der Waals surface area contributed by atoms with E-state index < -0.39 is 5.97 Å². The van der Waals surface area contributed by atoms with Gasteiger partial charge in [0.25, 0.3) is 0 Å². The highest BCUT2D eigenvalue weighted by Crippen LogP contribution is 2.28. The molecule has 3 heteroatoms. The van der Waals surface area contributed by atoms with Crippen molar-refractivity contribution in [2.45, 2.75) is 6.42 Å². The highest BCUT2D eigenvalue weighted by atomic mass is 16.5.